The summed E-state index contributed by atoms with van der Waals surface area (Å²) in [6, 6.07) is 8.61. The van der Waals surface area contributed by atoms with Gasteiger partial charge in [0.15, 0.2) is 15.6 Å². The van der Waals surface area contributed by atoms with E-state index in [2.05, 4.69) is 20.6 Å². The number of sulfone groups is 1. The van der Waals surface area contributed by atoms with Gasteiger partial charge in [0.2, 0.25) is 5.95 Å². The maximum Gasteiger partial charge on any atom is 0.229 e. The lowest BCUT2D eigenvalue weighted by molar-refractivity contribution is 0.101. The van der Waals surface area contributed by atoms with Crippen LogP contribution in [-0.2, 0) is 9.84 Å². The largest absolute Gasteiger partial charge is 0.366 e. The van der Waals surface area contributed by atoms with E-state index < -0.39 is 9.84 Å². The molecule has 0 bridgehead atoms. The molecule has 1 aromatic heterocycles. The molecular weight excluding hydrogens is 328 g/mol. The maximum atomic E-state index is 11.5. The van der Waals surface area contributed by atoms with Crippen LogP contribution >= 0.6 is 0 Å². The summed E-state index contributed by atoms with van der Waals surface area (Å²) in [6.45, 7) is 1.52. The molecule has 0 spiro atoms. The van der Waals surface area contributed by atoms with E-state index in [1.54, 1.807) is 36.5 Å². The van der Waals surface area contributed by atoms with E-state index in [9.17, 15) is 13.2 Å². The molecule has 1 aliphatic heterocycles. The molecule has 1 aliphatic rings. The number of Topliss-reactive ketones (excluding diaryl/α,β-unsaturated/α-hetero) is 1. The number of anilines is 3. The average molecular weight is 346 g/mol. The van der Waals surface area contributed by atoms with Crippen molar-refractivity contribution >= 4 is 33.1 Å². The summed E-state index contributed by atoms with van der Waals surface area (Å²) in [5, 5.41) is 6.19. The van der Waals surface area contributed by atoms with Crippen molar-refractivity contribution in [3.63, 3.8) is 0 Å². The fourth-order valence-corrected chi connectivity index (χ4v) is 4.21. The maximum absolute atomic E-state index is 11.5. The lowest BCUT2D eigenvalue weighted by Gasteiger charge is -2.12. The van der Waals surface area contributed by atoms with Crippen LogP contribution in [0.1, 0.15) is 23.7 Å². The molecule has 1 saturated heterocycles. The van der Waals surface area contributed by atoms with Gasteiger partial charge in [0, 0.05) is 23.5 Å². The summed E-state index contributed by atoms with van der Waals surface area (Å²) in [6.07, 6.45) is 2.19. The lowest BCUT2D eigenvalue weighted by Crippen LogP contribution is -2.21. The van der Waals surface area contributed by atoms with Crippen molar-refractivity contribution in [1.29, 1.82) is 0 Å². The Morgan fingerprint density at radius 2 is 1.96 bits per heavy atom. The van der Waals surface area contributed by atoms with E-state index in [1.165, 1.54) is 6.92 Å². The van der Waals surface area contributed by atoms with Gasteiger partial charge in [-0.25, -0.2) is 13.4 Å². The number of benzene rings is 1. The monoisotopic (exact) mass is 346 g/mol. The normalized spacial score (nSPS) is 19.0. The van der Waals surface area contributed by atoms with E-state index in [0.717, 1.165) is 5.69 Å². The number of aromatic nitrogens is 2. The topological polar surface area (TPSA) is 101 Å². The number of nitrogens with one attached hydrogen (secondary N) is 2. The van der Waals surface area contributed by atoms with Gasteiger partial charge >= 0.3 is 0 Å². The fourth-order valence-electron chi connectivity index (χ4n) is 2.53. The van der Waals surface area contributed by atoms with Gasteiger partial charge in [-0.3, -0.25) is 4.79 Å². The smallest absolute Gasteiger partial charge is 0.229 e. The predicted octanol–water partition coefficient (Wildman–Crippen LogP) is 2.02. The molecule has 24 heavy (non-hydrogen) atoms. The van der Waals surface area contributed by atoms with E-state index >= 15 is 0 Å². The Hall–Kier alpha value is -2.48. The highest BCUT2D eigenvalue weighted by Crippen LogP contribution is 2.18. The van der Waals surface area contributed by atoms with Gasteiger partial charge in [-0.05, 0) is 43.7 Å². The average Bonchev–Trinajstić information content (AvgIpc) is 2.87. The second kappa shape index (κ2) is 6.56. The minimum absolute atomic E-state index is 0.00973. The van der Waals surface area contributed by atoms with Crippen molar-refractivity contribution in [3.8, 4) is 0 Å². The van der Waals surface area contributed by atoms with Gasteiger partial charge in [-0.2, -0.15) is 4.98 Å². The minimum Gasteiger partial charge on any atom is -0.366 e. The highest BCUT2D eigenvalue weighted by Gasteiger charge is 2.27. The van der Waals surface area contributed by atoms with Crippen LogP contribution in [0.5, 0.6) is 0 Å². The summed E-state index contributed by atoms with van der Waals surface area (Å²) < 4.78 is 23.0. The van der Waals surface area contributed by atoms with Crippen molar-refractivity contribution in [3.05, 3.63) is 42.1 Å². The molecule has 0 amide bonds. The molecule has 2 aromatic rings. The molecule has 0 radical (unpaired) electrons. The lowest BCUT2D eigenvalue weighted by atomic mass is 10.1. The third kappa shape index (κ3) is 4.08. The molecule has 7 nitrogen and oxygen atoms in total. The Balaban J connectivity index is 1.68. The van der Waals surface area contributed by atoms with Crippen LogP contribution in [0.2, 0.25) is 0 Å². The fraction of sp³-hybridized carbons (Fsp3) is 0.312. The zero-order chi connectivity index (χ0) is 17.2. The molecule has 1 fully saturated rings. The Morgan fingerprint density at radius 1 is 1.21 bits per heavy atom. The summed E-state index contributed by atoms with van der Waals surface area (Å²) in [5.74, 6) is 1.33. The predicted molar refractivity (Wildman–Crippen MR) is 92.4 cm³/mol. The Morgan fingerprint density at radius 3 is 2.58 bits per heavy atom. The van der Waals surface area contributed by atoms with E-state index in [0.29, 0.717) is 23.8 Å². The standard InChI is InChI=1S/C16H18N4O3S/c1-11(21)12-2-4-13(5-3-12)19-16-17-8-6-15(20-16)18-14-7-9-24(22,23)10-14/h2-6,8,14H,7,9-10H2,1H3,(H2,17,18,19,20). The molecule has 1 atom stereocenters. The molecule has 1 aromatic carbocycles. The number of rotatable bonds is 5. The highest BCUT2D eigenvalue weighted by atomic mass is 32.2. The van der Waals surface area contributed by atoms with Crippen molar-refractivity contribution in [2.45, 2.75) is 19.4 Å². The number of ketones is 1. The summed E-state index contributed by atoms with van der Waals surface area (Å²) in [5.41, 5.74) is 1.40. The molecule has 0 aliphatic carbocycles. The quantitative estimate of drug-likeness (QED) is 0.799. The first kappa shape index (κ1) is 16.4. The van der Waals surface area contributed by atoms with E-state index in [1.807, 2.05) is 0 Å². The number of carbonyl (C=O) groups excluding carboxylic acids is 1. The first-order chi connectivity index (χ1) is 11.4. The molecule has 126 valence electrons. The van der Waals surface area contributed by atoms with Crippen molar-refractivity contribution in [2.24, 2.45) is 0 Å². The Bertz CT molecular complexity index is 850. The van der Waals surface area contributed by atoms with Gasteiger partial charge < -0.3 is 10.6 Å². The first-order valence-electron chi connectivity index (χ1n) is 7.59. The van der Waals surface area contributed by atoms with Crippen LogP contribution < -0.4 is 10.6 Å². The van der Waals surface area contributed by atoms with Crippen LogP contribution in [-0.4, -0.2) is 41.7 Å². The summed E-state index contributed by atoms with van der Waals surface area (Å²) in [7, 11) is -2.93. The summed E-state index contributed by atoms with van der Waals surface area (Å²) in [4.78, 5) is 19.8. The molecule has 2 heterocycles. The second-order valence-corrected chi connectivity index (χ2v) is 8.00. The molecular formula is C16H18N4O3S. The van der Waals surface area contributed by atoms with Gasteiger partial charge in [-0.1, -0.05) is 0 Å². The van der Waals surface area contributed by atoms with Crippen LogP contribution in [0.25, 0.3) is 0 Å². The number of hydrogen-bond donors (Lipinski definition) is 2. The van der Waals surface area contributed by atoms with Gasteiger partial charge in [0.1, 0.15) is 5.82 Å². The van der Waals surface area contributed by atoms with Crippen molar-refractivity contribution in [1.82, 2.24) is 9.97 Å². The second-order valence-electron chi connectivity index (χ2n) is 5.77. The Kier molecular flexibility index (Phi) is 4.48. The van der Waals surface area contributed by atoms with Crippen molar-refractivity contribution < 1.29 is 13.2 Å². The van der Waals surface area contributed by atoms with Crippen LogP contribution in [0.3, 0.4) is 0 Å². The zero-order valence-electron chi connectivity index (χ0n) is 13.2. The number of carbonyl (C=O) groups is 1. The third-order valence-electron chi connectivity index (χ3n) is 3.79. The summed E-state index contributed by atoms with van der Waals surface area (Å²) >= 11 is 0. The molecule has 1 unspecified atom stereocenters. The van der Waals surface area contributed by atoms with Crippen LogP contribution in [0.4, 0.5) is 17.5 Å². The number of hydrogen-bond acceptors (Lipinski definition) is 7. The zero-order valence-corrected chi connectivity index (χ0v) is 14.0. The molecule has 8 heteroatoms. The third-order valence-corrected chi connectivity index (χ3v) is 5.56. The molecule has 0 saturated carbocycles. The van der Waals surface area contributed by atoms with Gasteiger partial charge in [-0.15, -0.1) is 0 Å². The van der Waals surface area contributed by atoms with Crippen LogP contribution in [0.15, 0.2) is 36.5 Å². The first-order valence-corrected chi connectivity index (χ1v) is 9.41. The van der Waals surface area contributed by atoms with Gasteiger partial charge in [0.05, 0.1) is 11.5 Å². The molecule has 3 rings (SSSR count). The molecule has 2 N–H and O–H groups in total. The minimum atomic E-state index is -2.93. The van der Waals surface area contributed by atoms with E-state index in [-0.39, 0.29) is 23.3 Å². The number of nitrogens with zero attached hydrogens (tertiary/aromatic N) is 2. The highest BCUT2D eigenvalue weighted by molar-refractivity contribution is 7.91. The van der Waals surface area contributed by atoms with Crippen LogP contribution in [0, 0.1) is 0 Å². The Labute approximate surface area is 140 Å². The van der Waals surface area contributed by atoms with E-state index in [4.69, 9.17) is 0 Å². The van der Waals surface area contributed by atoms with Crippen molar-refractivity contribution in [2.75, 3.05) is 22.1 Å². The van der Waals surface area contributed by atoms with Gasteiger partial charge in [0.25, 0.3) is 0 Å². The SMILES string of the molecule is CC(=O)c1ccc(Nc2nccc(NC3CCS(=O)(=O)C3)n2)cc1.